The van der Waals surface area contributed by atoms with E-state index in [0.717, 1.165) is 25.1 Å². The minimum Gasteiger partial charge on any atom is -0.494 e. The second-order valence-corrected chi connectivity index (χ2v) is 12.1. The van der Waals surface area contributed by atoms with Gasteiger partial charge in [0.25, 0.3) is 0 Å². The van der Waals surface area contributed by atoms with E-state index < -0.39 is 28.3 Å². The number of aliphatic hydroxyl groups excluding tert-OH is 1. The first-order valence-electron chi connectivity index (χ1n) is 13.6. The lowest BCUT2D eigenvalue weighted by Crippen LogP contribution is -2.50. The van der Waals surface area contributed by atoms with Gasteiger partial charge in [-0.15, -0.1) is 0 Å². The summed E-state index contributed by atoms with van der Waals surface area (Å²) in [7, 11) is -2.38. The van der Waals surface area contributed by atoms with Gasteiger partial charge in [-0.3, -0.25) is 0 Å². The van der Waals surface area contributed by atoms with Gasteiger partial charge in [0.1, 0.15) is 5.75 Å². The van der Waals surface area contributed by atoms with Crippen LogP contribution in [0.25, 0.3) is 0 Å². The molecular weight excluding hydrogens is 554 g/mol. The quantitative estimate of drug-likeness (QED) is 0.189. The highest BCUT2D eigenvalue weighted by Gasteiger charge is 2.32. The van der Waals surface area contributed by atoms with E-state index in [-0.39, 0.29) is 37.1 Å². The van der Waals surface area contributed by atoms with Gasteiger partial charge in [0.05, 0.1) is 30.3 Å². The van der Waals surface area contributed by atoms with Crippen LogP contribution in [0.5, 0.6) is 17.2 Å². The number of benzene rings is 2. The topological polar surface area (TPSA) is 156 Å². The molecule has 228 valence electrons. The maximum Gasteiger partial charge on any atom is 0.404 e. The number of carboxylic acid groups (broad SMARTS) is 1. The van der Waals surface area contributed by atoms with Gasteiger partial charge >= 0.3 is 6.09 Å². The van der Waals surface area contributed by atoms with Crippen molar-refractivity contribution in [2.45, 2.75) is 43.7 Å². The predicted molar refractivity (Wildman–Crippen MR) is 152 cm³/mol. The highest BCUT2D eigenvalue weighted by Crippen LogP contribution is 2.35. The maximum absolute atomic E-state index is 13.6. The first-order chi connectivity index (χ1) is 19.6. The third kappa shape index (κ3) is 10.0. The van der Waals surface area contributed by atoms with Crippen LogP contribution in [0.1, 0.15) is 25.8 Å². The van der Waals surface area contributed by atoms with Gasteiger partial charge in [-0.2, -0.15) is 4.31 Å². The highest BCUT2D eigenvalue weighted by atomic mass is 32.2. The molecule has 0 spiro atoms. The van der Waals surface area contributed by atoms with Crippen molar-refractivity contribution in [1.82, 2.24) is 14.9 Å². The number of aliphatic hydroxyl groups is 1. The molecule has 1 heterocycles. The fraction of sp³-hybridized carbons (Fsp3) is 0.536. The number of carbonyl (C=O) groups is 1. The molecule has 2 aromatic carbocycles. The van der Waals surface area contributed by atoms with E-state index in [9.17, 15) is 23.4 Å². The molecule has 41 heavy (non-hydrogen) atoms. The number of hydrogen-bond donors (Lipinski definition) is 4. The molecule has 0 bridgehead atoms. The lowest BCUT2D eigenvalue weighted by Gasteiger charge is -2.30. The maximum atomic E-state index is 13.6. The van der Waals surface area contributed by atoms with Crippen LogP contribution in [-0.4, -0.2) is 94.5 Å². The van der Waals surface area contributed by atoms with Crippen LogP contribution in [0.2, 0.25) is 0 Å². The van der Waals surface area contributed by atoms with Crippen molar-refractivity contribution < 1.29 is 42.4 Å². The van der Waals surface area contributed by atoms with Gasteiger partial charge in [0.2, 0.25) is 16.8 Å². The summed E-state index contributed by atoms with van der Waals surface area (Å²) in [5.74, 6) is 1.40. The molecule has 3 rings (SSSR count). The number of hydrogen-bond acceptors (Lipinski definition) is 9. The number of ether oxygens (including phenoxy) is 4. The van der Waals surface area contributed by atoms with Gasteiger partial charge in [-0.1, -0.05) is 26.0 Å². The highest BCUT2D eigenvalue weighted by molar-refractivity contribution is 7.89. The lowest BCUT2D eigenvalue weighted by molar-refractivity contribution is 0.0980. The van der Waals surface area contributed by atoms with Crippen LogP contribution >= 0.6 is 0 Å². The standard InChI is InChI=1S/C28H41N3O9S/c1-20(2)17-31(41(35,36)23-9-10-26-27(16-23)40-19-39-26)18-25(32)24(30-28(33)34)15-21-5-7-22(8-6-21)38-13-4-11-29-12-14-37-3/h5-10,16,20,24-25,29-30,32H,4,11-15,17-19H2,1-3H3,(H,33,34)/t24-,25+/m0/s1. The van der Waals surface area contributed by atoms with Gasteiger partial charge in [-0.25, -0.2) is 13.2 Å². The Hall–Kier alpha value is -3.10. The van der Waals surface area contributed by atoms with E-state index in [2.05, 4.69) is 10.6 Å². The summed E-state index contributed by atoms with van der Waals surface area (Å²) in [5.41, 5.74) is 0.755. The fourth-order valence-electron chi connectivity index (χ4n) is 4.30. The largest absolute Gasteiger partial charge is 0.494 e. The monoisotopic (exact) mass is 595 g/mol. The SMILES string of the molecule is COCCNCCCOc1ccc(C[C@H](NC(=O)O)[C@H](O)CN(CC(C)C)S(=O)(=O)c2ccc3c(c2)OCO3)cc1. The van der Waals surface area contributed by atoms with E-state index in [1.54, 1.807) is 31.4 Å². The average molecular weight is 596 g/mol. The molecule has 1 aliphatic heterocycles. The molecule has 2 atom stereocenters. The van der Waals surface area contributed by atoms with E-state index in [0.29, 0.717) is 30.5 Å². The predicted octanol–water partition coefficient (Wildman–Crippen LogP) is 2.31. The van der Waals surface area contributed by atoms with Gasteiger partial charge < -0.3 is 39.8 Å². The third-order valence-corrected chi connectivity index (χ3v) is 8.17. The Balaban J connectivity index is 1.65. The van der Waals surface area contributed by atoms with E-state index in [4.69, 9.17) is 18.9 Å². The van der Waals surface area contributed by atoms with Crippen LogP contribution in [0.15, 0.2) is 47.4 Å². The minimum absolute atomic E-state index is 0.00121. The molecule has 4 N–H and O–H groups in total. The Morgan fingerprint density at radius 1 is 1.05 bits per heavy atom. The van der Waals surface area contributed by atoms with Crippen molar-refractivity contribution in [1.29, 1.82) is 0 Å². The molecule has 0 saturated heterocycles. The number of fused-ring (bicyclic) bond motifs is 1. The molecule has 2 aromatic rings. The molecule has 13 heteroatoms. The summed E-state index contributed by atoms with van der Waals surface area (Å²) in [5, 5.41) is 26.2. The zero-order chi connectivity index (χ0) is 29.8. The lowest BCUT2D eigenvalue weighted by atomic mass is 10.0. The molecule has 1 aliphatic rings. The van der Waals surface area contributed by atoms with Crippen LogP contribution in [0.3, 0.4) is 0 Å². The van der Waals surface area contributed by atoms with Crippen LogP contribution in [-0.2, 0) is 21.2 Å². The molecule has 0 unspecified atom stereocenters. The Morgan fingerprint density at radius 2 is 1.78 bits per heavy atom. The van der Waals surface area contributed by atoms with E-state index in [1.165, 1.54) is 22.5 Å². The fourth-order valence-corrected chi connectivity index (χ4v) is 5.94. The van der Waals surface area contributed by atoms with Crippen molar-refractivity contribution in [3.8, 4) is 17.2 Å². The zero-order valence-corrected chi connectivity index (χ0v) is 24.6. The summed E-state index contributed by atoms with van der Waals surface area (Å²) < 4.78 is 49.7. The van der Waals surface area contributed by atoms with Crippen molar-refractivity contribution in [2.75, 3.05) is 53.3 Å². The van der Waals surface area contributed by atoms with Crippen molar-refractivity contribution in [3.05, 3.63) is 48.0 Å². The summed E-state index contributed by atoms with van der Waals surface area (Å²) in [6.07, 6.45) is -1.67. The van der Waals surface area contributed by atoms with Gasteiger partial charge in [0, 0.05) is 32.8 Å². The molecule has 0 saturated carbocycles. The van der Waals surface area contributed by atoms with Crippen molar-refractivity contribution in [2.24, 2.45) is 5.92 Å². The Bertz CT molecular complexity index is 1210. The number of sulfonamides is 1. The Morgan fingerprint density at radius 3 is 2.46 bits per heavy atom. The smallest absolute Gasteiger partial charge is 0.404 e. The summed E-state index contributed by atoms with van der Waals surface area (Å²) in [6, 6.07) is 10.6. The van der Waals surface area contributed by atoms with E-state index >= 15 is 0 Å². The number of nitrogens with one attached hydrogen (secondary N) is 2. The number of nitrogens with zero attached hydrogens (tertiary/aromatic N) is 1. The molecular formula is C28H41N3O9S. The average Bonchev–Trinajstić information content (AvgIpc) is 3.40. The van der Waals surface area contributed by atoms with Crippen molar-refractivity contribution in [3.63, 3.8) is 0 Å². The summed E-state index contributed by atoms with van der Waals surface area (Å²) in [4.78, 5) is 11.6. The minimum atomic E-state index is -4.04. The Labute approximate surface area is 241 Å². The molecule has 1 amide bonds. The van der Waals surface area contributed by atoms with Crippen LogP contribution in [0, 0.1) is 5.92 Å². The third-order valence-electron chi connectivity index (χ3n) is 6.34. The number of methoxy groups -OCH3 is 1. The Kier molecular flexibility index (Phi) is 12.5. The first-order valence-corrected chi connectivity index (χ1v) is 15.0. The van der Waals surface area contributed by atoms with Crippen molar-refractivity contribution >= 4 is 16.1 Å². The number of rotatable bonds is 18. The van der Waals surface area contributed by atoms with Gasteiger partial charge in [-0.05, 0) is 55.1 Å². The second-order valence-electron chi connectivity index (χ2n) is 10.1. The normalized spacial score (nSPS) is 14.3. The first kappa shape index (κ1) is 32.4. The van der Waals surface area contributed by atoms with Crippen LogP contribution < -0.4 is 24.8 Å². The molecule has 0 aromatic heterocycles. The second kappa shape index (κ2) is 15.8. The molecule has 0 radical (unpaired) electrons. The summed E-state index contributed by atoms with van der Waals surface area (Å²) in [6.45, 7) is 6.33. The number of amides is 1. The molecule has 12 nitrogen and oxygen atoms in total. The molecule has 0 aliphatic carbocycles. The molecule has 0 fully saturated rings. The van der Waals surface area contributed by atoms with Gasteiger partial charge in [0.15, 0.2) is 11.5 Å². The van der Waals surface area contributed by atoms with E-state index in [1.807, 2.05) is 13.8 Å². The summed E-state index contributed by atoms with van der Waals surface area (Å²) >= 11 is 0. The van der Waals surface area contributed by atoms with Crippen LogP contribution in [0.4, 0.5) is 4.79 Å². The zero-order valence-electron chi connectivity index (χ0n) is 23.7.